The van der Waals surface area contributed by atoms with Crippen molar-refractivity contribution in [2.45, 2.75) is 57.7 Å². The summed E-state index contributed by atoms with van der Waals surface area (Å²) in [5.41, 5.74) is 5.70. The first-order valence-corrected chi connectivity index (χ1v) is 7.08. The summed E-state index contributed by atoms with van der Waals surface area (Å²) < 4.78 is 13.9. The van der Waals surface area contributed by atoms with Gasteiger partial charge in [-0.15, -0.1) is 0 Å². The summed E-state index contributed by atoms with van der Waals surface area (Å²) >= 11 is 0. The molecule has 0 spiro atoms. The van der Waals surface area contributed by atoms with E-state index in [1.807, 2.05) is 6.92 Å². The smallest absolute Gasteiger partial charge is 0.159 e. The van der Waals surface area contributed by atoms with Crippen molar-refractivity contribution in [1.29, 1.82) is 0 Å². The molecule has 1 nitrogen and oxygen atoms in total. The van der Waals surface area contributed by atoms with E-state index < -0.39 is 5.79 Å². The topological polar surface area (TPSA) is 26.0 Å². The molecule has 3 saturated carbocycles. The van der Waals surface area contributed by atoms with Crippen LogP contribution < -0.4 is 5.73 Å². The average molecular weight is 225 g/mol. The van der Waals surface area contributed by atoms with Gasteiger partial charge in [-0.1, -0.05) is 13.3 Å². The van der Waals surface area contributed by atoms with Crippen LogP contribution in [0, 0.1) is 29.6 Å². The number of hydrogen-bond donors (Lipinski definition) is 1. The van der Waals surface area contributed by atoms with Gasteiger partial charge in [-0.25, -0.2) is 4.39 Å². The van der Waals surface area contributed by atoms with E-state index in [1.165, 1.54) is 32.1 Å². The van der Waals surface area contributed by atoms with Gasteiger partial charge in [0.2, 0.25) is 0 Å². The van der Waals surface area contributed by atoms with Crippen LogP contribution in [0.15, 0.2) is 0 Å². The Morgan fingerprint density at radius 2 is 1.94 bits per heavy atom. The van der Waals surface area contributed by atoms with Gasteiger partial charge in [0.15, 0.2) is 5.79 Å². The first-order chi connectivity index (χ1) is 7.61. The fourth-order valence-corrected chi connectivity index (χ4v) is 5.03. The molecule has 0 heterocycles. The summed E-state index contributed by atoms with van der Waals surface area (Å²) in [6.45, 7) is 1.87. The van der Waals surface area contributed by atoms with Gasteiger partial charge in [0.05, 0.1) is 0 Å². The predicted molar refractivity (Wildman–Crippen MR) is 63.5 cm³/mol. The molecule has 2 heteroatoms. The zero-order valence-electron chi connectivity index (χ0n) is 10.3. The van der Waals surface area contributed by atoms with Crippen molar-refractivity contribution in [3.63, 3.8) is 0 Å². The molecule has 0 saturated heterocycles. The molecular weight excluding hydrogens is 201 g/mol. The van der Waals surface area contributed by atoms with Crippen molar-refractivity contribution in [2.75, 3.05) is 0 Å². The second-order valence-electron chi connectivity index (χ2n) is 6.51. The number of halogens is 1. The van der Waals surface area contributed by atoms with Gasteiger partial charge in [-0.05, 0) is 68.1 Å². The van der Waals surface area contributed by atoms with E-state index in [9.17, 15) is 4.39 Å². The molecule has 6 unspecified atom stereocenters. The van der Waals surface area contributed by atoms with Crippen molar-refractivity contribution < 1.29 is 4.39 Å². The molecule has 92 valence electrons. The summed E-state index contributed by atoms with van der Waals surface area (Å²) in [6, 6.07) is 0. The third-order valence-electron chi connectivity index (χ3n) is 5.76. The second-order valence-corrected chi connectivity index (χ2v) is 6.51. The zero-order chi connectivity index (χ0) is 11.3. The van der Waals surface area contributed by atoms with E-state index in [0.717, 1.165) is 23.7 Å². The van der Waals surface area contributed by atoms with E-state index in [-0.39, 0.29) is 0 Å². The highest BCUT2D eigenvalue weighted by Gasteiger charge is 2.54. The van der Waals surface area contributed by atoms with Gasteiger partial charge in [0.25, 0.3) is 0 Å². The predicted octanol–water partition coefficient (Wildman–Crippen LogP) is 3.48. The minimum Gasteiger partial charge on any atom is -0.299 e. The third-order valence-corrected chi connectivity index (χ3v) is 5.76. The first-order valence-electron chi connectivity index (χ1n) is 7.08. The lowest BCUT2D eigenvalue weighted by Crippen LogP contribution is -2.38. The molecule has 3 aliphatic rings. The van der Waals surface area contributed by atoms with Crippen LogP contribution in [-0.4, -0.2) is 5.79 Å². The fourth-order valence-electron chi connectivity index (χ4n) is 5.03. The number of fused-ring (bicyclic) bond motifs is 5. The Balaban J connectivity index is 1.68. The monoisotopic (exact) mass is 225 g/mol. The van der Waals surface area contributed by atoms with E-state index in [1.54, 1.807) is 0 Å². The standard InChI is InChI=1S/C14H24FN/c1-2-14(15,16)8-10-6-9-7-13(10)12-5-3-4-11(9)12/h9-13H,2-8,16H2,1H3. The Labute approximate surface area is 98.0 Å². The Kier molecular flexibility index (Phi) is 2.54. The van der Waals surface area contributed by atoms with Crippen LogP contribution in [0.5, 0.6) is 0 Å². The van der Waals surface area contributed by atoms with Crippen molar-refractivity contribution in [3.05, 3.63) is 0 Å². The molecule has 16 heavy (non-hydrogen) atoms. The maximum absolute atomic E-state index is 13.9. The minimum atomic E-state index is -1.40. The molecule has 3 aliphatic carbocycles. The van der Waals surface area contributed by atoms with Crippen LogP contribution in [0.3, 0.4) is 0 Å². The maximum Gasteiger partial charge on any atom is 0.159 e. The summed E-state index contributed by atoms with van der Waals surface area (Å²) in [7, 11) is 0. The van der Waals surface area contributed by atoms with Gasteiger partial charge in [-0.2, -0.15) is 0 Å². The Bertz CT molecular complexity index is 276. The quantitative estimate of drug-likeness (QED) is 0.731. The number of rotatable bonds is 3. The molecule has 0 radical (unpaired) electrons. The second kappa shape index (κ2) is 3.69. The van der Waals surface area contributed by atoms with Crippen LogP contribution in [0.25, 0.3) is 0 Å². The van der Waals surface area contributed by atoms with Crippen LogP contribution in [-0.2, 0) is 0 Å². The van der Waals surface area contributed by atoms with Crippen LogP contribution in [0.1, 0.15) is 51.9 Å². The molecule has 0 amide bonds. The lowest BCUT2D eigenvalue weighted by atomic mass is 9.73. The SMILES string of the molecule is CCC(N)(F)CC1CC2CC1C1CCCC21. The van der Waals surface area contributed by atoms with E-state index >= 15 is 0 Å². The number of hydrogen-bond acceptors (Lipinski definition) is 1. The maximum atomic E-state index is 13.9. The summed E-state index contributed by atoms with van der Waals surface area (Å²) in [5, 5.41) is 0. The molecule has 0 aromatic heterocycles. The molecular formula is C14H24FN. The van der Waals surface area contributed by atoms with E-state index in [0.29, 0.717) is 18.8 Å². The normalized spacial score (nSPS) is 49.3. The molecule has 2 N–H and O–H groups in total. The molecule has 3 fully saturated rings. The third kappa shape index (κ3) is 1.61. The Morgan fingerprint density at radius 1 is 1.19 bits per heavy atom. The van der Waals surface area contributed by atoms with Gasteiger partial charge in [-0.3, -0.25) is 5.73 Å². The van der Waals surface area contributed by atoms with Crippen molar-refractivity contribution in [2.24, 2.45) is 35.3 Å². The number of nitrogens with two attached hydrogens (primary N) is 1. The highest BCUT2D eigenvalue weighted by molar-refractivity contribution is 5.03. The van der Waals surface area contributed by atoms with E-state index in [2.05, 4.69) is 0 Å². The summed E-state index contributed by atoms with van der Waals surface area (Å²) in [6.07, 6.45) is 8.04. The van der Waals surface area contributed by atoms with Crippen LogP contribution in [0.2, 0.25) is 0 Å². The lowest BCUT2D eigenvalue weighted by molar-refractivity contribution is 0.0816. The zero-order valence-corrected chi connectivity index (χ0v) is 10.3. The van der Waals surface area contributed by atoms with Gasteiger partial charge >= 0.3 is 0 Å². The minimum absolute atomic E-state index is 0.467. The lowest BCUT2D eigenvalue weighted by Gasteiger charge is -2.34. The van der Waals surface area contributed by atoms with Crippen molar-refractivity contribution >= 4 is 0 Å². The van der Waals surface area contributed by atoms with Crippen LogP contribution >= 0.6 is 0 Å². The highest BCUT2D eigenvalue weighted by atomic mass is 19.1. The molecule has 0 aromatic rings. The number of alkyl halides is 1. The highest BCUT2D eigenvalue weighted by Crippen LogP contribution is 2.62. The van der Waals surface area contributed by atoms with Gasteiger partial charge < -0.3 is 0 Å². The first kappa shape index (κ1) is 11.0. The Hall–Kier alpha value is -0.110. The van der Waals surface area contributed by atoms with Crippen molar-refractivity contribution in [3.8, 4) is 0 Å². The van der Waals surface area contributed by atoms with E-state index in [4.69, 9.17) is 5.73 Å². The molecule has 0 aromatic carbocycles. The van der Waals surface area contributed by atoms with Gasteiger partial charge in [0.1, 0.15) is 0 Å². The largest absolute Gasteiger partial charge is 0.299 e. The molecule has 6 atom stereocenters. The Morgan fingerprint density at radius 3 is 2.69 bits per heavy atom. The van der Waals surface area contributed by atoms with Gasteiger partial charge in [0, 0.05) is 0 Å². The van der Waals surface area contributed by atoms with Crippen LogP contribution in [0.4, 0.5) is 4.39 Å². The average Bonchev–Trinajstić information content (AvgIpc) is 2.85. The summed E-state index contributed by atoms with van der Waals surface area (Å²) in [5.74, 6) is 2.90. The fraction of sp³-hybridized carbons (Fsp3) is 1.00. The molecule has 2 bridgehead atoms. The molecule has 0 aliphatic heterocycles. The molecule has 3 rings (SSSR count). The van der Waals surface area contributed by atoms with Crippen molar-refractivity contribution in [1.82, 2.24) is 0 Å². The summed E-state index contributed by atoms with van der Waals surface area (Å²) in [4.78, 5) is 0.